The highest BCUT2D eigenvalue weighted by atomic mass is 19.1. The number of benzene rings is 2. The molecular formula is C29H30F2N6O3. The Hall–Kier alpha value is -3.99. The van der Waals surface area contributed by atoms with Gasteiger partial charge in [0.25, 0.3) is 0 Å². The molecule has 1 amide bonds. The Kier molecular flexibility index (Phi) is 7.38. The minimum Gasteiger partial charge on any atom is -0.396 e. The smallest absolute Gasteiger partial charge is 0.229 e. The van der Waals surface area contributed by atoms with Crippen molar-refractivity contribution in [2.75, 3.05) is 31.1 Å². The summed E-state index contributed by atoms with van der Waals surface area (Å²) in [6, 6.07) is 7.27. The van der Waals surface area contributed by atoms with Crippen molar-refractivity contribution >= 4 is 22.6 Å². The van der Waals surface area contributed by atoms with Gasteiger partial charge in [0.1, 0.15) is 23.8 Å². The van der Waals surface area contributed by atoms with Crippen molar-refractivity contribution in [2.24, 2.45) is 0 Å². The van der Waals surface area contributed by atoms with Crippen molar-refractivity contribution in [3.8, 4) is 11.1 Å². The maximum atomic E-state index is 15.0. The lowest BCUT2D eigenvalue weighted by molar-refractivity contribution is -0.120. The number of aliphatic hydroxyl groups is 1. The molecule has 40 heavy (non-hydrogen) atoms. The summed E-state index contributed by atoms with van der Waals surface area (Å²) >= 11 is 0. The normalized spacial score (nSPS) is 16.0. The molecule has 9 nitrogen and oxygen atoms in total. The Bertz CT molecular complexity index is 1530. The molecule has 2 aromatic carbocycles. The molecule has 1 saturated heterocycles. The molecule has 4 aromatic rings. The van der Waals surface area contributed by atoms with Gasteiger partial charge in [0, 0.05) is 49.0 Å². The van der Waals surface area contributed by atoms with E-state index >= 15 is 4.39 Å². The largest absolute Gasteiger partial charge is 0.396 e. The molecule has 2 N–H and O–H groups in total. The van der Waals surface area contributed by atoms with Gasteiger partial charge in [-0.25, -0.2) is 18.7 Å². The molecule has 0 radical (unpaired) electrons. The molecule has 2 fully saturated rings. The van der Waals surface area contributed by atoms with Gasteiger partial charge in [-0.2, -0.15) is 4.98 Å². The van der Waals surface area contributed by atoms with Crippen molar-refractivity contribution in [3.63, 3.8) is 0 Å². The molecule has 1 aliphatic carbocycles. The lowest BCUT2D eigenvalue weighted by Gasteiger charge is -2.32. The summed E-state index contributed by atoms with van der Waals surface area (Å²) in [6.07, 6.45) is 5.61. The highest BCUT2D eigenvalue weighted by molar-refractivity contribution is 5.99. The Morgan fingerprint density at radius 3 is 2.65 bits per heavy atom. The van der Waals surface area contributed by atoms with Crippen molar-refractivity contribution in [1.29, 1.82) is 0 Å². The quantitative estimate of drug-likeness (QED) is 0.298. The van der Waals surface area contributed by atoms with Crippen LogP contribution in [0.1, 0.15) is 61.2 Å². The van der Waals surface area contributed by atoms with E-state index in [4.69, 9.17) is 9.63 Å². The SMILES string of the molecule is O=C(Cc1ccc(-c2cc(F)cc3c(N4CCC(c5noc(C6CC6)n5)CC4)ncnc23)cc1F)NCCCO. The van der Waals surface area contributed by atoms with E-state index < -0.39 is 11.6 Å². The average Bonchev–Trinajstić information content (AvgIpc) is 3.70. The molecule has 11 heteroatoms. The van der Waals surface area contributed by atoms with Gasteiger partial charge in [0.05, 0.1) is 11.9 Å². The Labute approximate surface area is 229 Å². The number of carbonyl (C=O) groups is 1. The van der Waals surface area contributed by atoms with E-state index in [1.54, 1.807) is 6.07 Å². The summed E-state index contributed by atoms with van der Waals surface area (Å²) in [5.41, 5.74) is 1.66. The minimum atomic E-state index is -0.560. The standard InChI is InChI=1S/C29H30F2N6O3/c30-21-14-22(19-4-5-20(24(31)12-19)13-25(39)32-8-1-11-38)26-23(15-21)28(34-16-33-26)37-9-6-17(7-10-37)27-35-29(40-36-27)18-2-3-18/h4-5,12,14-18,38H,1-3,6-11,13H2,(H,32,39). The molecule has 2 aromatic heterocycles. The molecule has 6 rings (SSSR count). The van der Waals surface area contributed by atoms with Crippen LogP contribution in [0.15, 0.2) is 41.2 Å². The highest BCUT2D eigenvalue weighted by Crippen LogP contribution is 2.40. The number of nitrogens with zero attached hydrogens (tertiary/aromatic N) is 5. The van der Waals surface area contributed by atoms with E-state index in [0.717, 1.165) is 37.4 Å². The molecule has 1 aliphatic heterocycles. The first-order valence-corrected chi connectivity index (χ1v) is 13.7. The van der Waals surface area contributed by atoms with E-state index in [0.29, 0.717) is 59.8 Å². The summed E-state index contributed by atoms with van der Waals surface area (Å²) in [7, 11) is 0. The zero-order chi connectivity index (χ0) is 27.6. The van der Waals surface area contributed by atoms with Crippen LogP contribution in [0.2, 0.25) is 0 Å². The molecule has 1 saturated carbocycles. The summed E-state index contributed by atoms with van der Waals surface area (Å²) in [5.74, 6) is 1.39. The lowest BCUT2D eigenvalue weighted by atomic mass is 9.95. The van der Waals surface area contributed by atoms with Crippen LogP contribution in [0.25, 0.3) is 22.0 Å². The average molecular weight is 549 g/mol. The maximum Gasteiger partial charge on any atom is 0.229 e. The Balaban J connectivity index is 1.22. The van der Waals surface area contributed by atoms with Crippen LogP contribution in [0, 0.1) is 11.6 Å². The molecular weight excluding hydrogens is 518 g/mol. The van der Waals surface area contributed by atoms with E-state index in [2.05, 4.69) is 30.3 Å². The van der Waals surface area contributed by atoms with E-state index in [-0.39, 0.29) is 30.4 Å². The predicted molar refractivity (Wildman–Crippen MR) is 144 cm³/mol. The monoisotopic (exact) mass is 548 g/mol. The first-order chi connectivity index (χ1) is 19.5. The number of aromatic nitrogens is 4. The molecule has 0 atom stereocenters. The fraction of sp³-hybridized carbons (Fsp3) is 0.414. The zero-order valence-electron chi connectivity index (χ0n) is 21.9. The molecule has 2 aliphatic rings. The number of hydrogen-bond donors (Lipinski definition) is 2. The number of rotatable bonds is 9. The second kappa shape index (κ2) is 11.2. The Morgan fingerprint density at radius 2 is 1.90 bits per heavy atom. The first-order valence-electron chi connectivity index (χ1n) is 13.7. The fourth-order valence-corrected chi connectivity index (χ4v) is 5.25. The number of nitrogens with one attached hydrogen (secondary N) is 1. The van der Waals surface area contributed by atoms with Gasteiger partial charge in [-0.3, -0.25) is 4.79 Å². The van der Waals surface area contributed by atoms with Crippen LogP contribution in [0.5, 0.6) is 0 Å². The van der Waals surface area contributed by atoms with Gasteiger partial charge >= 0.3 is 0 Å². The number of carbonyl (C=O) groups excluding carboxylic acids is 1. The fourth-order valence-electron chi connectivity index (χ4n) is 5.25. The van der Waals surface area contributed by atoms with Gasteiger partial charge in [-0.1, -0.05) is 17.3 Å². The summed E-state index contributed by atoms with van der Waals surface area (Å²) < 4.78 is 35.4. The number of hydrogen-bond acceptors (Lipinski definition) is 8. The van der Waals surface area contributed by atoms with Gasteiger partial charge in [0.2, 0.25) is 11.8 Å². The van der Waals surface area contributed by atoms with Crippen LogP contribution in [-0.4, -0.2) is 57.4 Å². The third-order valence-corrected chi connectivity index (χ3v) is 7.60. The predicted octanol–water partition coefficient (Wildman–Crippen LogP) is 4.26. The van der Waals surface area contributed by atoms with E-state index in [1.165, 1.54) is 30.6 Å². The van der Waals surface area contributed by atoms with Crippen LogP contribution in [-0.2, 0) is 11.2 Å². The number of amides is 1. The number of piperidine rings is 1. The van der Waals surface area contributed by atoms with Gasteiger partial charge in [0.15, 0.2) is 5.82 Å². The lowest BCUT2D eigenvalue weighted by Crippen LogP contribution is -2.34. The van der Waals surface area contributed by atoms with Crippen molar-refractivity contribution in [2.45, 2.75) is 50.4 Å². The second-order valence-corrected chi connectivity index (χ2v) is 10.5. The van der Waals surface area contributed by atoms with Crippen molar-refractivity contribution in [1.82, 2.24) is 25.4 Å². The van der Waals surface area contributed by atoms with Gasteiger partial charge < -0.3 is 19.8 Å². The summed E-state index contributed by atoms with van der Waals surface area (Å²) in [6.45, 7) is 1.68. The third kappa shape index (κ3) is 5.51. The van der Waals surface area contributed by atoms with Crippen LogP contribution in [0.3, 0.4) is 0 Å². The number of fused-ring (bicyclic) bond motifs is 1. The van der Waals surface area contributed by atoms with Crippen molar-refractivity contribution < 1.29 is 23.2 Å². The van der Waals surface area contributed by atoms with Crippen molar-refractivity contribution in [3.05, 3.63) is 65.6 Å². The zero-order valence-corrected chi connectivity index (χ0v) is 21.9. The molecule has 3 heterocycles. The first kappa shape index (κ1) is 26.2. The molecule has 0 spiro atoms. The summed E-state index contributed by atoms with van der Waals surface area (Å²) in [4.78, 5) is 27.8. The number of halogens is 2. The summed E-state index contributed by atoms with van der Waals surface area (Å²) in [5, 5.41) is 16.3. The van der Waals surface area contributed by atoms with Crippen LogP contribution < -0.4 is 10.2 Å². The topological polar surface area (TPSA) is 117 Å². The Morgan fingerprint density at radius 1 is 1.07 bits per heavy atom. The van der Waals surface area contributed by atoms with Crippen LogP contribution >= 0.6 is 0 Å². The van der Waals surface area contributed by atoms with Crippen LogP contribution in [0.4, 0.5) is 14.6 Å². The molecule has 0 bridgehead atoms. The maximum absolute atomic E-state index is 15.0. The highest BCUT2D eigenvalue weighted by Gasteiger charge is 2.32. The van der Waals surface area contributed by atoms with Gasteiger partial charge in [-0.15, -0.1) is 0 Å². The molecule has 0 unspecified atom stereocenters. The van der Waals surface area contributed by atoms with E-state index in [1.807, 2.05) is 0 Å². The third-order valence-electron chi connectivity index (χ3n) is 7.60. The minimum absolute atomic E-state index is 0.0319. The molecule has 208 valence electrons. The number of aliphatic hydroxyl groups excluding tert-OH is 1. The van der Waals surface area contributed by atoms with Gasteiger partial charge in [-0.05, 0) is 61.4 Å². The number of anilines is 1. The second-order valence-electron chi connectivity index (χ2n) is 10.5. The van der Waals surface area contributed by atoms with E-state index in [9.17, 15) is 9.18 Å².